The third kappa shape index (κ3) is 4.80. The number of nitrogens with zero attached hydrogens (tertiary/aromatic N) is 3. The van der Waals surface area contributed by atoms with Crippen LogP contribution in [0.1, 0.15) is 40.4 Å². The zero-order valence-electron chi connectivity index (χ0n) is 18.5. The second kappa shape index (κ2) is 9.05. The average molecular weight is 460 g/mol. The molecule has 172 valence electrons. The summed E-state index contributed by atoms with van der Waals surface area (Å²) in [5.74, 6) is -0.634. The number of hydrogen-bond donors (Lipinski definition) is 1. The lowest BCUT2D eigenvalue weighted by molar-refractivity contribution is 0.0950. The van der Waals surface area contributed by atoms with Gasteiger partial charge >= 0.3 is 0 Å². The number of ether oxygens (including phenoxy) is 1. The highest BCUT2D eigenvalue weighted by molar-refractivity contribution is 5.96. The molecule has 1 fully saturated rings. The molecule has 0 saturated heterocycles. The second-order valence-electron chi connectivity index (χ2n) is 8.31. The number of rotatable bonds is 7. The fraction of sp³-hybridized carbons (Fsp3) is 0.192. The molecule has 0 bridgehead atoms. The summed E-state index contributed by atoms with van der Waals surface area (Å²) >= 11 is 0. The SMILES string of the molecule is Cc1c(Oc2ccnc(-c3cnn(C4CC4)c3)c2)cccc1C(=O)NCc1cc(F)cc(F)c1. The maximum Gasteiger partial charge on any atom is 0.251 e. The third-order valence-electron chi connectivity index (χ3n) is 5.68. The summed E-state index contributed by atoms with van der Waals surface area (Å²) < 4.78 is 34.8. The Morgan fingerprint density at radius 3 is 2.71 bits per heavy atom. The third-order valence-corrected chi connectivity index (χ3v) is 5.68. The van der Waals surface area contributed by atoms with Crippen molar-refractivity contribution in [2.24, 2.45) is 0 Å². The second-order valence-corrected chi connectivity index (χ2v) is 8.31. The Balaban J connectivity index is 1.31. The van der Waals surface area contributed by atoms with Gasteiger partial charge in [0.25, 0.3) is 5.91 Å². The maximum atomic E-state index is 13.4. The highest BCUT2D eigenvalue weighted by atomic mass is 19.1. The summed E-state index contributed by atoms with van der Waals surface area (Å²) in [6.45, 7) is 1.79. The lowest BCUT2D eigenvalue weighted by Gasteiger charge is -2.13. The normalized spacial score (nSPS) is 13.0. The highest BCUT2D eigenvalue weighted by Gasteiger charge is 2.24. The average Bonchev–Trinajstić information content (AvgIpc) is 3.55. The Morgan fingerprint density at radius 1 is 1.15 bits per heavy atom. The molecule has 0 unspecified atom stereocenters. The highest BCUT2D eigenvalue weighted by Crippen LogP contribution is 2.35. The molecule has 8 heteroatoms. The Labute approximate surface area is 195 Å². The minimum atomic E-state index is -0.688. The molecule has 2 aromatic heterocycles. The lowest BCUT2D eigenvalue weighted by Crippen LogP contribution is -2.23. The molecule has 2 heterocycles. The van der Waals surface area contributed by atoms with Crippen molar-refractivity contribution in [2.45, 2.75) is 32.4 Å². The first-order valence-electron chi connectivity index (χ1n) is 11.0. The van der Waals surface area contributed by atoms with Gasteiger partial charge in [-0.3, -0.25) is 14.5 Å². The van der Waals surface area contributed by atoms with Crippen LogP contribution in [0.25, 0.3) is 11.3 Å². The maximum absolute atomic E-state index is 13.4. The Bertz CT molecular complexity index is 1340. The van der Waals surface area contributed by atoms with Crippen LogP contribution < -0.4 is 10.1 Å². The Morgan fingerprint density at radius 2 is 1.94 bits per heavy atom. The lowest BCUT2D eigenvalue weighted by atomic mass is 10.1. The van der Waals surface area contributed by atoms with E-state index in [1.165, 1.54) is 12.1 Å². The molecule has 1 aliphatic rings. The minimum absolute atomic E-state index is 0.000290. The van der Waals surface area contributed by atoms with Crippen molar-refractivity contribution >= 4 is 5.91 Å². The summed E-state index contributed by atoms with van der Waals surface area (Å²) in [5.41, 5.74) is 3.05. The van der Waals surface area contributed by atoms with E-state index in [0.717, 1.165) is 30.2 Å². The van der Waals surface area contributed by atoms with Crippen LogP contribution in [0, 0.1) is 18.6 Å². The molecule has 34 heavy (non-hydrogen) atoms. The van der Waals surface area contributed by atoms with Crippen molar-refractivity contribution in [3.05, 3.63) is 95.4 Å². The van der Waals surface area contributed by atoms with E-state index in [0.29, 0.717) is 34.2 Å². The Kier molecular flexibility index (Phi) is 5.79. The van der Waals surface area contributed by atoms with Gasteiger partial charge in [-0.1, -0.05) is 6.07 Å². The van der Waals surface area contributed by atoms with Gasteiger partial charge in [-0.15, -0.1) is 0 Å². The van der Waals surface area contributed by atoms with E-state index >= 15 is 0 Å². The van der Waals surface area contributed by atoms with Gasteiger partial charge in [0.1, 0.15) is 23.1 Å². The van der Waals surface area contributed by atoms with Gasteiger partial charge in [-0.05, 0) is 55.7 Å². The van der Waals surface area contributed by atoms with Gasteiger partial charge in [-0.2, -0.15) is 5.10 Å². The van der Waals surface area contributed by atoms with Gasteiger partial charge in [-0.25, -0.2) is 8.78 Å². The van der Waals surface area contributed by atoms with E-state index in [-0.39, 0.29) is 12.5 Å². The molecule has 0 spiro atoms. The molecule has 6 nitrogen and oxygen atoms in total. The number of aromatic nitrogens is 3. The van der Waals surface area contributed by atoms with E-state index in [4.69, 9.17) is 4.74 Å². The number of amides is 1. The number of pyridine rings is 1. The standard InChI is InChI=1S/C26H22F2N4O2/c1-16-23(26(33)30-13-17-9-19(27)11-20(28)10-17)3-2-4-25(16)34-22-7-8-29-24(12-22)18-14-31-32(15-18)21-5-6-21/h2-4,7-12,14-15,21H,5-6,13H2,1H3,(H,30,33). The van der Waals surface area contributed by atoms with Crippen LogP contribution in [-0.2, 0) is 6.54 Å². The van der Waals surface area contributed by atoms with E-state index in [2.05, 4.69) is 15.4 Å². The summed E-state index contributed by atoms with van der Waals surface area (Å²) in [7, 11) is 0. The molecule has 0 aliphatic heterocycles. The molecule has 1 N–H and O–H groups in total. The summed E-state index contributed by atoms with van der Waals surface area (Å²) in [5, 5.41) is 7.11. The fourth-order valence-electron chi connectivity index (χ4n) is 3.73. The zero-order chi connectivity index (χ0) is 23.7. The van der Waals surface area contributed by atoms with Crippen LogP contribution in [0.3, 0.4) is 0 Å². The largest absolute Gasteiger partial charge is 0.457 e. The number of benzene rings is 2. The molecule has 1 amide bonds. The minimum Gasteiger partial charge on any atom is -0.457 e. The monoisotopic (exact) mass is 460 g/mol. The van der Waals surface area contributed by atoms with E-state index in [1.807, 2.05) is 16.9 Å². The van der Waals surface area contributed by atoms with Gasteiger partial charge in [0.15, 0.2) is 0 Å². The van der Waals surface area contributed by atoms with Crippen molar-refractivity contribution in [1.29, 1.82) is 0 Å². The number of nitrogens with one attached hydrogen (secondary N) is 1. The molecular weight excluding hydrogens is 438 g/mol. The first-order chi connectivity index (χ1) is 16.5. The topological polar surface area (TPSA) is 69.0 Å². The van der Waals surface area contributed by atoms with Crippen LogP contribution >= 0.6 is 0 Å². The van der Waals surface area contributed by atoms with Crippen LogP contribution in [0.5, 0.6) is 11.5 Å². The molecular formula is C26H22F2N4O2. The van der Waals surface area contributed by atoms with Gasteiger partial charge in [0.2, 0.25) is 0 Å². The van der Waals surface area contributed by atoms with Crippen LogP contribution in [0.2, 0.25) is 0 Å². The molecule has 1 aliphatic carbocycles. The van der Waals surface area contributed by atoms with Crippen molar-refractivity contribution in [3.8, 4) is 22.8 Å². The molecule has 1 saturated carbocycles. The van der Waals surface area contributed by atoms with E-state index in [9.17, 15) is 13.6 Å². The van der Waals surface area contributed by atoms with Gasteiger partial charge in [0.05, 0.1) is 17.9 Å². The predicted molar refractivity (Wildman–Crippen MR) is 123 cm³/mol. The number of carbonyl (C=O) groups is 1. The van der Waals surface area contributed by atoms with Gasteiger partial charge in [0, 0.05) is 47.8 Å². The molecule has 4 aromatic rings. The van der Waals surface area contributed by atoms with Gasteiger partial charge < -0.3 is 10.1 Å². The van der Waals surface area contributed by atoms with Crippen molar-refractivity contribution in [2.75, 3.05) is 0 Å². The van der Waals surface area contributed by atoms with Crippen molar-refractivity contribution in [3.63, 3.8) is 0 Å². The van der Waals surface area contributed by atoms with E-state index < -0.39 is 11.6 Å². The quantitative estimate of drug-likeness (QED) is 0.390. The fourth-order valence-corrected chi connectivity index (χ4v) is 3.73. The molecule has 5 rings (SSSR count). The molecule has 0 atom stereocenters. The number of hydrogen-bond acceptors (Lipinski definition) is 4. The summed E-state index contributed by atoms with van der Waals surface area (Å²) in [4.78, 5) is 17.2. The van der Waals surface area contributed by atoms with E-state index in [1.54, 1.807) is 43.6 Å². The summed E-state index contributed by atoms with van der Waals surface area (Å²) in [6.07, 6.45) is 7.76. The van der Waals surface area contributed by atoms with Crippen LogP contribution in [0.4, 0.5) is 8.78 Å². The Hall–Kier alpha value is -4.07. The molecule has 0 radical (unpaired) electrons. The number of carbonyl (C=O) groups excluding carboxylic acids is 1. The molecule has 2 aromatic carbocycles. The number of halogens is 2. The first kappa shape index (κ1) is 21.8. The smallest absolute Gasteiger partial charge is 0.251 e. The van der Waals surface area contributed by atoms with Crippen LogP contribution in [-0.4, -0.2) is 20.7 Å². The zero-order valence-corrected chi connectivity index (χ0v) is 18.5. The summed E-state index contributed by atoms with van der Waals surface area (Å²) in [6, 6.07) is 12.4. The first-order valence-corrected chi connectivity index (χ1v) is 11.0. The van der Waals surface area contributed by atoms with Crippen LogP contribution in [0.15, 0.2) is 67.1 Å². The van der Waals surface area contributed by atoms with Crippen molar-refractivity contribution < 1.29 is 18.3 Å². The predicted octanol–water partition coefficient (Wildman–Crippen LogP) is 5.59. The van der Waals surface area contributed by atoms with Crippen molar-refractivity contribution in [1.82, 2.24) is 20.1 Å².